The molecule has 37 heavy (non-hydrogen) atoms. The van der Waals surface area contributed by atoms with Crippen LogP contribution in [-0.2, 0) is 31.1 Å². The molecule has 202 valence electrons. The molecule has 1 aliphatic carbocycles. The maximum Gasteiger partial charge on any atom is 0.278 e. The molecule has 0 spiro atoms. The molecule has 0 unspecified atom stereocenters. The number of halogens is 3. The molecule has 10 heteroatoms. The van der Waals surface area contributed by atoms with Crippen molar-refractivity contribution in [2.24, 2.45) is 23.9 Å². The minimum atomic E-state index is -2.88. The van der Waals surface area contributed by atoms with Crippen LogP contribution in [0.25, 0.3) is 0 Å². The van der Waals surface area contributed by atoms with E-state index in [1.807, 2.05) is 6.07 Å². The number of aromatic nitrogens is 3. The standard InChI is InChI=1S/C27H36F3N5O2/c1-27(29,30)18-37-25-8-7-21-10-13-35(14-11-23(21)33-25)12-9-19-3-5-20(6-4-19)16-31-24(36)15-22-17-32-34(2)26(22)28/h7-8,16-17,19-20H,3-6,9-15,18H2,1-2H3. The summed E-state index contributed by atoms with van der Waals surface area (Å²) < 4.78 is 46.3. The smallest absolute Gasteiger partial charge is 0.278 e. The topological polar surface area (TPSA) is 72.6 Å². The monoisotopic (exact) mass is 519 g/mol. The van der Waals surface area contributed by atoms with Gasteiger partial charge in [-0.2, -0.15) is 9.49 Å². The third-order valence-electron chi connectivity index (χ3n) is 7.33. The van der Waals surface area contributed by atoms with Crippen molar-refractivity contribution in [3.05, 3.63) is 41.1 Å². The minimum Gasteiger partial charge on any atom is -0.471 e. The zero-order valence-corrected chi connectivity index (χ0v) is 21.6. The highest BCUT2D eigenvalue weighted by Gasteiger charge is 2.24. The van der Waals surface area contributed by atoms with E-state index in [2.05, 4.69) is 20.0 Å². The van der Waals surface area contributed by atoms with Crippen LogP contribution in [0.1, 0.15) is 55.8 Å². The molecular formula is C27H36F3N5O2. The fourth-order valence-corrected chi connectivity index (χ4v) is 5.09. The highest BCUT2D eigenvalue weighted by Crippen LogP contribution is 2.30. The Hall–Kier alpha value is -2.75. The van der Waals surface area contributed by atoms with E-state index in [-0.39, 0.29) is 23.8 Å². The third kappa shape index (κ3) is 8.12. The Morgan fingerprint density at radius 3 is 2.68 bits per heavy atom. The number of hydrogen-bond donors (Lipinski definition) is 0. The average molecular weight is 520 g/mol. The number of hydrogen-bond acceptors (Lipinski definition) is 5. The van der Waals surface area contributed by atoms with Gasteiger partial charge in [0.2, 0.25) is 17.7 Å². The van der Waals surface area contributed by atoms with Gasteiger partial charge >= 0.3 is 0 Å². The highest BCUT2D eigenvalue weighted by molar-refractivity contribution is 5.87. The lowest BCUT2D eigenvalue weighted by Gasteiger charge is -2.28. The maximum absolute atomic E-state index is 13.8. The summed E-state index contributed by atoms with van der Waals surface area (Å²) >= 11 is 0. The summed E-state index contributed by atoms with van der Waals surface area (Å²) in [6.07, 6.45) is 10.1. The number of amides is 1. The number of carbonyl (C=O) groups is 1. The first-order valence-corrected chi connectivity index (χ1v) is 13.1. The van der Waals surface area contributed by atoms with E-state index in [0.29, 0.717) is 11.8 Å². The van der Waals surface area contributed by atoms with Crippen LogP contribution >= 0.6 is 0 Å². The molecule has 1 aliphatic heterocycles. The van der Waals surface area contributed by atoms with Crippen molar-refractivity contribution in [1.29, 1.82) is 0 Å². The Balaban J connectivity index is 1.16. The second kappa shape index (κ2) is 12.2. The van der Waals surface area contributed by atoms with Gasteiger partial charge in [-0.25, -0.2) is 23.4 Å². The number of ether oxygens (including phenoxy) is 1. The molecule has 0 aromatic carbocycles. The van der Waals surface area contributed by atoms with Gasteiger partial charge in [0.1, 0.15) is 0 Å². The van der Waals surface area contributed by atoms with Gasteiger partial charge in [0, 0.05) is 57.0 Å². The summed E-state index contributed by atoms with van der Waals surface area (Å²) in [7, 11) is 1.50. The number of fused-ring (bicyclic) bond motifs is 1. The molecule has 2 aliphatic rings. The van der Waals surface area contributed by atoms with Gasteiger partial charge in [0.25, 0.3) is 5.92 Å². The Morgan fingerprint density at radius 2 is 1.97 bits per heavy atom. The Morgan fingerprint density at radius 1 is 1.22 bits per heavy atom. The van der Waals surface area contributed by atoms with Crippen LogP contribution in [0.15, 0.2) is 23.3 Å². The summed E-state index contributed by atoms with van der Waals surface area (Å²) in [5.74, 6) is -2.50. The lowest BCUT2D eigenvalue weighted by atomic mass is 9.81. The molecule has 2 aromatic heterocycles. The van der Waals surface area contributed by atoms with Gasteiger partial charge in [0.05, 0.1) is 12.6 Å². The first-order chi connectivity index (χ1) is 17.7. The van der Waals surface area contributed by atoms with Crippen molar-refractivity contribution in [2.45, 2.75) is 64.2 Å². The van der Waals surface area contributed by atoms with Crippen molar-refractivity contribution < 1.29 is 22.7 Å². The highest BCUT2D eigenvalue weighted by atomic mass is 19.3. The molecule has 1 amide bonds. The molecule has 7 nitrogen and oxygen atoms in total. The zero-order chi connectivity index (χ0) is 26.4. The van der Waals surface area contributed by atoms with Gasteiger partial charge in [-0.3, -0.25) is 4.79 Å². The van der Waals surface area contributed by atoms with Crippen LogP contribution in [0, 0.1) is 17.8 Å². The van der Waals surface area contributed by atoms with Gasteiger partial charge in [0.15, 0.2) is 6.61 Å². The van der Waals surface area contributed by atoms with Crippen molar-refractivity contribution in [2.75, 3.05) is 26.2 Å². The molecule has 0 N–H and O–H groups in total. The van der Waals surface area contributed by atoms with Crippen molar-refractivity contribution in [3.63, 3.8) is 0 Å². The summed E-state index contributed by atoms with van der Waals surface area (Å²) in [5, 5.41) is 3.82. The van der Waals surface area contributed by atoms with Gasteiger partial charge in [-0.05, 0) is 62.5 Å². The number of pyridine rings is 1. The van der Waals surface area contributed by atoms with Crippen LogP contribution in [0.4, 0.5) is 13.2 Å². The first-order valence-electron chi connectivity index (χ1n) is 13.1. The molecule has 0 atom stereocenters. The summed E-state index contributed by atoms with van der Waals surface area (Å²) in [5.41, 5.74) is 2.38. The Bertz CT molecular complexity index is 1090. The van der Waals surface area contributed by atoms with E-state index in [1.165, 1.54) is 18.8 Å². The average Bonchev–Trinajstić information content (AvgIpc) is 3.06. The number of aliphatic imine (C=N–C) groups is 1. The van der Waals surface area contributed by atoms with Crippen LogP contribution in [0.5, 0.6) is 5.88 Å². The predicted molar refractivity (Wildman–Crippen MR) is 135 cm³/mol. The van der Waals surface area contributed by atoms with Crippen molar-refractivity contribution in [3.8, 4) is 5.88 Å². The van der Waals surface area contributed by atoms with Crippen LogP contribution in [0.2, 0.25) is 0 Å². The zero-order valence-electron chi connectivity index (χ0n) is 21.6. The summed E-state index contributed by atoms with van der Waals surface area (Å²) in [6, 6.07) is 3.64. The van der Waals surface area contributed by atoms with E-state index in [1.54, 1.807) is 12.3 Å². The van der Waals surface area contributed by atoms with E-state index in [9.17, 15) is 18.0 Å². The molecular weight excluding hydrogens is 483 g/mol. The van der Waals surface area contributed by atoms with E-state index in [4.69, 9.17) is 4.74 Å². The Kier molecular flexibility index (Phi) is 9.00. The maximum atomic E-state index is 13.8. The minimum absolute atomic E-state index is 0.0657. The number of aryl methyl sites for hydroxylation is 1. The van der Waals surface area contributed by atoms with E-state index in [0.717, 1.165) is 81.9 Å². The van der Waals surface area contributed by atoms with Gasteiger partial charge < -0.3 is 9.64 Å². The summed E-state index contributed by atoms with van der Waals surface area (Å²) in [6.45, 7) is 3.06. The van der Waals surface area contributed by atoms with Crippen LogP contribution in [-0.4, -0.2) is 63.9 Å². The fraction of sp³-hybridized carbons (Fsp3) is 0.630. The number of alkyl halides is 2. The molecule has 4 rings (SSSR count). The molecule has 1 saturated carbocycles. The molecule has 2 aromatic rings. The molecule has 0 radical (unpaired) electrons. The summed E-state index contributed by atoms with van der Waals surface area (Å²) in [4.78, 5) is 23.1. The fourth-order valence-electron chi connectivity index (χ4n) is 5.09. The van der Waals surface area contributed by atoms with Crippen LogP contribution in [0.3, 0.4) is 0 Å². The SMILES string of the molecule is Cn1ncc(CC(=O)N=CC2CCC(CCN3CCc4ccc(OCC(C)(F)F)nc4CC3)CC2)c1F. The number of rotatable bonds is 9. The van der Waals surface area contributed by atoms with Crippen molar-refractivity contribution in [1.82, 2.24) is 19.7 Å². The lowest BCUT2D eigenvalue weighted by molar-refractivity contribution is -0.117. The third-order valence-corrected chi connectivity index (χ3v) is 7.33. The number of nitrogens with zero attached hydrogens (tertiary/aromatic N) is 5. The molecule has 0 bridgehead atoms. The van der Waals surface area contributed by atoms with Gasteiger partial charge in [-0.15, -0.1) is 0 Å². The normalized spacial score (nSPS) is 21.1. The Labute approximate surface area is 216 Å². The van der Waals surface area contributed by atoms with Crippen molar-refractivity contribution >= 4 is 12.1 Å². The quantitative estimate of drug-likeness (QED) is 0.459. The van der Waals surface area contributed by atoms with Gasteiger partial charge in [-0.1, -0.05) is 6.07 Å². The second-order valence-electron chi connectivity index (χ2n) is 10.5. The number of carbonyl (C=O) groups excluding carboxylic acids is 1. The largest absolute Gasteiger partial charge is 0.471 e. The van der Waals surface area contributed by atoms with E-state index >= 15 is 0 Å². The second-order valence-corrected chi connectivity index (χ2v) is 10.5. The molecule has 3 heterocycles. The molecule has 0 saturated heterocycles. The first kappa shape index (κ1) is 27.3. The lowest BCUT2D eigenvalue weighted by Crippen LogP contribution is -2.29. The van der Waals surface area contributed by atoms with Crippen LogP contribution < -0.4 is 4.74 Å². The predicted octanol–water partition coefficient (Wildman–Crippen LogP) is 4.43. The molecule has 1 fully saturated rings. The van der Waals surface area contributed by atoms with E-state index < -0.39 is 18.5 Å².